The number of hydrogen-bond acceptors (Lipinski definition) is 1. The standard InChI is InChI=1S/C15H12ClNO/c16-14-9-5-4-8-12(14)10-13(15(17)18)11-6-2-1-3-7-11/h1-10H,(H2,17,18)/b13-10+. The van der Waals surface area contributed by atoms with E-state index < -0.39 is 5.91 Å². The molecule has 18 heavy (non-hydrogen) atoms. The smallest absolute Gasteiger partial charge is 0.249 e. The highest BCUT2D eigenvalue weighted by atomic mass is 35.5. The van der Waals surface area contributed by atoms with Crippen LogP contribution >= 0.6 is 11.6 Å². The van der Waals surface area contributed by atoms with Crippen molar-refractivity contribution >= 4 is 29.2 Å². The zero-order valence-electron chi connectivity index (χ0n) is 9.64. The molecule has 0 heterocycles. The molecule has 0 aromatic heterocycles. The van der Waals surface area contributed by atoms with Gasteiger partial charge < -0.3 is 5.73 Å². The quantitative estimate of drug-likeness (QED) is 0.665. The summed E-state index contributed by atoms with van der Waals surface area (Å²) in [5, 5.41) is 0.590. The zero-order chi connectivity index (χ0) is 13.0. The summed E-state index contributed by atoms with van der Waals surface area (Å²) in [6, 6.07) is 16.6. The SMILES string of the molecule is NC(=O)/C(=C/c1ccccc1Cl)c1ccccc1. The summed E-state index contributed by atoms with van der Waals surface area (Å²) in [4.78, 5) is 11.5. The molecule has 0 unspecified atom stereocenters. The van der Waals surface area contributed by atoms with Crippen molar-refractivity contribution in [1.82, 2.24) is 0 Å². The van der Waals surface area contributed by atoms with Crippen LogP contribution in [0.5, 0.6) is 0 Å². The minimum absolute atomic E-state index is 0.448. The van der Waals surface area contributed by atoms with E-state index >= 15 is 0 Å². The van der Waals surface area contributed by atoms with Crippen LogP contribution in [0.2, 0.25) is 5.02 Å². The Kier molecular flexibility index (Phi) is 3.80. The lowest BCUT2D eigenvalue weighted by atomic mass is 10.0. The summed E-state index contributed by atoms with van der Waals surface area (Å²) in [5.74, 6) is -0.471. The van der Waals surface area contributed by atoms with Crippen LogP contribution in [0.3, 0.4) is 0 Å². The monoisotopic (exact) mass is 257 g/mol. The number of nitrogens with two attached hydrogens (primary N) is 1. The molecular weight excluding hydrogens is 246 g/mol. The van der Waals surface area contributed by atoms with E-state index in [-0.39, 0.29) is 0 Å². The van der Waals surface area contributed by atoms with Crippen molar-refractivity contribution in [2.24, 2.45) is 5.73 Å². The van der Waals surface area contributed by atoms with Gasteiger partial charge in [0.05, 0.1) is 0 Å². The maximum Gasteiger partial charge on any atom is 0.249 e. The third-order valence-electron chi connectivity index (χ3n) is 2.56. The summed E-state index contributed by atoms with van der Waals surface area (Å²) in [7, 11) is 0. The Bertz CT molecular complexity index is 590. The van der Waals surface area contributed by atoms with Gasteiger partial charge in [-0.2, -0.15) is 0 Å². The van der Waals surface area contributed by atoms with E-state index in [0.717, 1.165) is 11.1 Å². The molecule has 0 saturated carbocycles. The van der Waals surface area contributed by atoms with Gasteiger partial charge in [0.15, 0.2) is 0 Å². The molecule has 90 valence electrons. The first-order valence-electron chi connectivity index (χ1n) is 5.50. The Hall–Kier alpha value is -2.06. The predicted octanol–water partition coefficient (Wildman–Crippen LogP) is 3.37. The third kappa shape index (κ3) is 2.79. The minimum Gasteiger partial charge on any atom is -0.366 e. The Balaban J connectivity index is 2.50. The van der Waals surface area contributed by atoms with Gasteiger partial charge >= 0.3 is 0 Å². The van der Waals surface area contributed by atoms with Gasteiger partial charge in [-0.1, -0.05) is 60.1 Å². The van der Waals surface area contributed by atoms with E-state index in [1.54, 1.807) is 12.1 Å². The second-order valence-electron chi connectivity index (χ2n) is 3.81. The van der Waals surface area contributed by atoms with Crippen LogP contribution in [-0.4, -0.2) is 5.91 Å². The van der Waals surface area contributed by atoms with E-state index in [9.17, 15) is 4.79 Å². The van der Waals surface area contributed by atoms with Crippen LogP contribution in [0, 0.1) is 0 Å². The van der Waals surface area contributed by atoms with Crippen LogP contribution in [0.4, 0.5) is 0 Å². The maximum absolute atomic E-state index is 11.5. The first kappa shape index (κ1) is 12.4. The van der Waals surface area contributed by atoms with Gasteiger partial charge in [-0.3, -0.25) is 4.79 Å². The molecule has 2 aromatic rings. The van der Waals surface area contributed by atoms with E-state index in [1.807, 2.05) is 48.5 Å². The number of hydrogen-bond donors (Lipinski definition) is 1. The number of carbonyl (C=O) groups excluding carboxylic acids is 1. The summed E-state index contributed by atoms with van der Waals surface area (Å²) >= 11 is 6.06. The largest absolute Gasteiger partial charge is 0.366 e. The Morgan fingerprint density at radius 2 is 1.61 bits per heavy atom. The molecule has 3 heteroatoms. The third-order valence-corrected chi connectivity index (χ3v) is 2.90. The Morgan fingerprint density at radius 1 is 1.00 bits per heavy atom. The molecule has 0 aliphatic rings. The number of carbonyl (C=O) groups is 1. The van der Waals surface area contributed by atoms with Gasteiger partial charge in [0.1, 0.15) is 0 Å². The maximum atomic E-state index is 11.5. The highest BCUT2D eigenvalue weighted by molar-refractivity contribution is 6.33. The lowest BCUT2D eigenvalue weighted by molar-refractivity contribution is -0.112. The lowest BCUT2D eigenvalue weighted by Gasteiger charge is -2.04. The summed E-state index contributed by atoms with van der Waals surface area (Å²) in [6.45, 7) is 0. The highest BCUT2D eigenvalue weighted by Gasteiger charge is 2.08. The average Bonchev–Trinajstić information content (AvgIpc) is 2.38. The van der Waals surface area contributed by atoms with Crippen molar-refractivity contribution in [2.45, 2.75) is 0 Å². The Labute approximate surface area is 111 Å². The number of rotatable bonds is 3. The van der Waals surface area contributed by atoms with E-state index in [2.05, 4.69) is 0 Å². The molecule has 2 nitrogen and oxygen atoms in total. The molecule has 0 spiro atoms. The molecule has 0 radical (unpaired) electrons. The number of halogens is 1. The van der Waals surface area contributed by atoms with Crippen LogP contribution in [0.25, 0.3) is 11.6 Å². The summed E-state index contributed by atoms with van der Waals surface area (Å²) in [5.41, 5.74) is 7.42. The van der Waals surface area contributed by atoms with Gasteiger partial charge in [0.2, 0.25) is 5.91 Å². The number of benzene rings is 2. The second-order valence-corrected chi connectivity index (χ2v) is 4.22. The molecule has 2 rings (SSSR count). The van der Waals surface area contributed by atoms with E-state index in [0.29, 0.717) is 10.6 Å². The molecule has 0 saturated heterocycles. The number of primary amides is 1. The lowest BCUT2D eigenvalue weighted by Crippen LogP contribution is -2.12. The van der Waals surface area contributed by atoms with Crippen molar-refractivity contribution < 1.29 is 4.79 Å². The van der Waals surface area contributed by atoms with Crippen LogP contribution in [0.15, 0.2) is 54.6 Å². The summed E-state index contributed by atoms with van der Waals surface area (Å²) < 4.78 is 0. The van der Waals surface area contributed by atoms with Gasteiger partial charge in [-0.15, -0.1) is 0 Å². The van der Waals surface area contributed by atoms with E-state index in [1.165, 1.54) is 0 Å². The van der Waals surface area contributed by atoms with Crippen molar-refractivity contribution in [1.29, 1.82) is 0 Å². The fraction of sp³-hybridized carbons (Fsp3) is 0. The molecule has 0 fully saturated rings. The molecular formula is C15H12ClNO. The molecule has 0 aliphatic heterocycles. The number of amides is 1. The zero-order valence-corrected chi connectivity index (χ0v) is 10.4. The predicted molar refractivity (Wildman–Crippen MR) is 75.0 cm³/mol. The van der Waals surface area contributed by atoms with Crippen LogP contribution in [0.1, 0.15) is 11.1 Å². The molecule has 2 N–H and O–H groups in total. The van der Waals surface area contributed by atoms with Crippen LogP contribution in [-0.2, 0) is 4.79 Å². The Morgan fingerprint density at radius 3 is 2.22 bits per heavy atom. The second kappa shape index (κ2) is 5.52. The van der Waals surface area contributed by atoms with Gasteiger partial charge in [-0.05, 0) is 23.3 Å². The van der Waals surface area contributed by atoms with Gasteiger partial charge in [-0.25, -0.2) is 0 Å². The highest BCUT2D eigenvalue weighted by Crippen LogP contribution is 2.22. The fourth-order valence-electron chi connectivity index (χ4n) is 1.66. The van der Waals surface area contributed by atoms with Crippen molar-refractivity contribution in [3.8, 4) is 0 Å². The molecule has 0 bridgehead atoms. The normalized spacial score (nSPS) is 11.3. The molecule has 0 aliphatic carbocycles. The first-order chi connectivity index (χ1) is 8.68. The fourth-order valence-corrected chi connectivity index (χ4v) is 1.85. The van der Waals surface area contributed by atoms with Gasteiger partial charge in [0, 0.05) is 10.6 Å². The molecule has 0 atom stereocenters. The average molecular weight is 258 g/mol. The molecule has 1 amide bonds. The van der Waals surface area contributed by atoms with Gasteiger partial charge in [0.25, 0.3) is 0 Å². The topological polar surface area (TPSA) is 43.1 Å². The van der Waals surface area contributed by atoms with Crippen molar-refractivity contribution in [3.63, 3.8) is 0 Å². The van der Waals surface area contributed by atoms with E-state index in [4.69, 9.17) is 17.3 Å². The van der Waals surface area contributed by atoms with Crippen molar-refractivity contribution in [3.05, 3.63) is 70.7 Å². The first-order valence-corrected chi connectivity index (χ1v) is 5.88. The summed E-state index contributed by atoms with van der Waals surface area (Å²) in [6.07, 6.45) is 1.71. The van der Waals surface area contributed by atoms with Crippen molar-refractivity contribution in [2.75, 3.05) is 0 Å². The minimum atomic E-state index is -0.471. The van der Waals surface area contributed by atoms with Crippen LogP contribution < -0.4 is 5.73 Å². The molecule has 2 aromatic carbocycles.